The number of aromatic amines is 1. The maximum atomic E-state index is 4.14. The van der Waals surface area contributed by atoms with Crippen LogP contribution in [0.4, 0.5) is 0 Å². The van der Waals surface area contributed by atoms with Gasteiger partial charge in [0.25, 0.3) is 0 Å². The standard InChI is InChI=1S/C7H10N4/c1-5(2)11-4-10-6-7(11)9-3-8-6/h3-5H,1-2H3,(H,8,9). The van der Waals surface area contributed by atoms with Crippen molar-refractivity contribution in [1.82, 2.24) is 19.5 Å². The third-order valence-electron chi connectivity index (χ3n) is 1.71. The van der Waals surface area contributed by atoms with Crippen molar-refractivity contribution >= 4 is 11.3 Å². The molecule has 0 unspecified atom stereocenters. The van der Waals surface area contributed by atoms with Crippen LogP contribution < -0.4 is 0 Å². The molecule has 0 amide bonds. The van der Waals surface area contributed by atoms with E-state index in [9.17, 15) is 0 Å². The summed E-state index contributed by atoms with van der Waals surface area (Å²) in [5.41, 5.74) is 1.79. The zero-order chi connectivity index (χ0) is 7.84. The van der Waals surface area contributed by atoms with Crippen molar-refractivity contribution in [2.45, 2.75) is 19.9 Å². The Morgan fingerprint density at radius 2 is 2.27 bits per heavy atom. The maximum Gasteiger partial charge on any atom is 0.179 e. The van der Waals surface area contributed by atoms with E-state index in [2.05, 4.69) is 28.8 Å². The molecule has 2 aromatic rings. The van der Waals surface area contributed by atoms with Crippen molar-refractivity contribution < 1.29 is 0 Å². The number of H-pyrrole nitrogens is 1. The van der Waals surface area contributed by atoms with Crippen molar-refractivity contribution in [2.75, 3.05) is 0 Å². The lowest BCUT2D eigenvalue weighted by atomic mass is 10.4. The summed E-state index contributed by atoms with van der Waals surface area (Å²) in [7, 11) is 0. The number of hydrogen-bond donors (Lipinski definition) is 1. The van der Waals surface area contributed by atoms with E-state index in [4.69, 9.17) is 0 Å². The van der Waals surface area contributed by atoms with Gasteiger partial charge in [0.2, 0.25) is 0 Å². The van der Waals surface area contributed by atoms with E-state index >= 15 is 0 Å². The van der Waals surface area contributed by atoms with Gasteiger partial charge < -0.3 is 9.55 Å². The summed E-state index contributed by atoms with van der Waals surface area (Å²) in [6, 6.07) is 0.420. The highest BCUT2D eigenvalue weighted by Crippen LogP contribution is 2.12. The van der Waals surface area contributed by atoms with Crippen LogP contribution in [0.2, 0.25) is 0 Å². The molecule has 1 N–H and O–H groups in total. The molecule has 0 fully saturated rings. The van der Waals surface area contributed by atoms with Crippen LogP contribution in [0, 0.1) is 0 Å². The van der Waals surface area contributed by atoms with E-state index in [1.807, 2.05) is 4.57 Å². The Balaban J connectivity index is 2.68. The number of hydrogen-bond acceptors (Lipinski definition) is 2. The molecule has 0 saturated carbocycles. The van der Waals surface area contributed by atoms with Gasteiger partial charge in [-0.3, -0.25) is 0 Å². The van der Waals surface area contributed by atoms with Crippen LogP contribution in [0.1, 0.15) is 19.9 Å². The van der Waals surface area contributed by atoms with Gasteiger partial charge in [-0.1, -0.05) is 0 Å². The second-order valence-electron chi connectivity index (χ2n) is 2.82. The Labute approximate surface area is 64.3 Å². The molecule has 2 rings (SSSR count). The van der Waals surface area contributed by atoms with Crippen molar-refractivity contribution in [3.8, 4) is 0 Å². The van der Waals surface area contributed by atoms with Crippen molar-refractivity contribution in [2.24, 2.45) is 0 Å². The van der Waals surface area contributed by atoms with Gasteiger partial charge in [0.15, 0.2) is 11.3 Å². The second-order valence-corrected chi connectivity index (χ2v) is 2.82. The molecule has 4 nitrogen and oxygen atoms in total. The monoisotopic (exact) mass is 150 g/mol. The Bertz CT molecular complexity index is 357. The normalized spacial score (nSPS) is 11.5. The molecule has 0 bridgehead atoms. The van der Waals surface area contributed by atoms with Crippen LogP contribution in [0.15, 0.2) is 12.7 Å². The quantitative estimate of drug-likeness (QED) is 0.666. The van der Waals surface area contributed by atoms with Gasteiger partial charge in [-0.25, -0.2) is 9.97 Å². The Hall–Kier alpha value is -1.32. The van der Waals surface area contributed by atoms with E-state index < -0.39 is 0 Å². The van der Waals surface area contributed by atoms with Crippen LogP contribution in [0.5, 0.6) is 0 Å². The molecule has 0 aliphatic heterocycles. The molecule has 0 aliphatic rings. The topological polar surface area (TPSA) is 46.5 Å². The summed E-state index contributed by atoms with van der Waals surface area (Å²) in [6.45, 7) is 4.21. The van der Waals surface area contributed by atoms with Crippen LogP contribution in [-0.4, -0.2) is 19.5 Å². The molecule has 2 heterocycles. The van der Waals surface area contributed by atoms with Gasteiger partial charge in [-0.05, 0) is 13.8 Å². The molecule has 0 radical (unpaired) electrons. The average molecular weight is 150 g/mol. The average Bonchev–Trinajstić information content (AvgIpc) is 2.41. The van der Waals surface area contributed by atoms with E-state index in [1.54, 1.807) is 12.7 Å². The molecule has 0 aromatic carbocycles. The molecular weight excluding hydrogens is 140 g/mol. The number of rotatable bonds is 1. The van der Waals surface area contributed by atoms with Crippen molar-refractivity contribution in [3.05, 3.63) is 12.7 Å². The highest BCUT2D eigenvalue weighted by Gasteiger charge is 2.05. The summed E-state index contributed by atoms with van der Waals surface area (Å²) in [6.07, 6.45) is 3.47. The van der Waals surface area contributed by atoms with Gasteiger partial charge in [-0.2, -0.15) is 0 Å². The first kappa shape index (κ1) is 6.39. The van der Waals surface area contributed by atoms with E-state index in [0.29, 0.717) is 6.04 Å². The van der Waals surface area contributed by atoms with Crippen LogP contribution >= 0.6 is 0 Å². The third kappa shape index (κ3) is 0.824. The molecular formula is C7H10N4. The first-order chi connectivity index (χ1) is 5.29. The fourth-order valence-electron chi connectivity index (χ4n) is 1.12. The summed E-state index contributed by atoms with van der Waals surface area (Å²) in [4.78, 5) is 11.2. The van der Waals surface area contributed by atoms with Crippen LogP contribution in [-0.2, 0) is 0 Å². The highest BCUT2D eigenvalue weighted by atomic mass is 15.2. The third-order valence-corrected chi connectivity index (χ3v) is 1.71. The summed E-state index contributed by atoms with van der Waals surface area (Å²) in [5, 5.41) is 0. The minimum Gasteiger partial charge on any atom is -0.328 e. The summed E-state index contributed by atoms with van der Waals surface area (Å²) in [5.74, 6) is 0. The summed E-state index contributed by atoms with van der Waals surface area (Å²) >= 11 is 0. The van der Waals surface area contributed by atoms with Crippen molar-refractivity contribution in [3.63, 3.8) is 0 Å². The van der Waals surface area contributed by atoms with Gasteiger partial charge >= 0.3 is 0 Å². The van der Waals surface area contributed by atoms with Gasteiger partial charge in [0.05, 0.1) is 12.7 Å². The first-order valence-electron chi connectivity index (χ1n) is 3.65. The second kappa shape index (κ2) is 2.08. The molecule has 58 valence electrons. The molecule has 0 atom stereocenters. The lowest BCUT2D eigenvalue weighted by Crippen LogP contribution is -1.98. The summed E-state index contributed by atoms with van der Waals surface area (Å²) < 4.78 is 2.03. The number of nitrogens with one attached hydrogen (secondary N) is 1. The Kier molecular flexibility index (Phi) is 1.21. The van der Waals surface area contributed by atoms with Gasteiger partial charge in [-0.15, -0.1) is 0 Å². The predicted octanol–water partition coefficient (Wildman–Crippen LogP) is 1.34. The maximum absolute atomic E-state index is 4.14. The zero-order valence-electron chi connectivity index (χ0n) is 6.57. The number of aromatic nitrogens is 4. The van der Waals surface area contributed by atoms with E-state index in [-0.39, 0.29) is 0 Å². The number of fused-ring (bicyclic) bond motifs is 1. The molecule has 0 spiro atoms. The minimum absolute atomic E-state index is 0.420. The van der Waals surface area contributed by atoms with Crippen molar-refractivity contribution in [1.29, 1.82) is 0 Å². The van der Waals surface area contributed by atoms with E-state index in [1.165, 1.54) is 0 Å². The number of nitrogens with zero attached hydrogens (tertiary/aromatic N) is 3. The lowest BCUT2D eigenvalue weighted by molar-refractivity contribution is 0.613. The predicted molar refractivity (Wildman–Crippen MR) is 42.3 cm³/mol. The van der Waals surface area contributed by atoms with Crippen LogP contribution in [0.25, 0.3) is 11.3 Å². The molecule has 4 heteroatoms. The first-order valence-corrected chi connectivity index (χ1v) is 3.65. The molecule has 0 aliphatic carbocycles. The van der Waals surface area contributed by atoms with Gasteiger partial charge in [0.1, 0.15) is 0 Å². The zero-order valence-corrected chi connectivity index (χ0v) is 6.57. The molecule has 0 saturated heterocycles. The highest BCUT2D eigenvalue weighted by molar-refractivity contribution is 5.65. The Morgan fingerprint density at radius 3 is 3.00 bits per heavy atom. The largest absolute Gasteiger partial charge is 0.328 e. The smallest absolute Gasteiger partial charge is 0.179 e. The van der Waals surface area contributed by atoms with Gasteiger partial charge in [0, 0.05) is 6.04 Å². The Morgan fingerprint density at radius 1 is 1.45 bits per heavy atom. The van der Waals surface area contributed by atoms with E-state index in [0.717, 1.165) is 11.3 Å². The SMILES string of the molecule is CC(C)n1cnc2[nH]cnc21. The van der Waals surface area contributed by atoms with Crippen LogP contribution in [0.3, 0.4) is 0 Å². The lowest BCUT2D eigenvalue weighted by Gasteiger charge is -2.04. The number of imidazole rings is 2. The fraction of sp³-hybridized carbons (Fsp3) is 0.429. The fourth-order valence-corrected chi connectivity index (χ4v) is 1.12. The minimum atomic E-state index is 0.420. The molecule has 2 aromatic heterocycles. The molecule has 11 heavy (non-hydrogen) atoms.